The molecule has 2 heteroatoms. The number of pyridine rings is 2. The van der Waals surface area contributed by atoms with Crippen molar-refractivity contribution in [2.45, 2.75) is 27.7 Å². The van der Waals surface area contributed by atoms with Crippen LogP contribution in [0.25, 0.3) is 22.4 Å². The molecule has 1 aromatic carbocycles. The molecule has 0 amide bonds. The summed E-state index contributed by atoms with van der Waals surface area (Å²) in [6, 6.07) is 12.7. The van der Waals surface area contributed by atoms with Gasteiger partial charge in [0.1, 0.15) is 0 Å². The van der Waals surface area contributed by atoms with Crippen molar-refractivity contribution in [2.24, 2.45) is 0 Å². The van der Waals surface area contributed by atoms with Gasteiger partial charge in [-0.15, -0.1) is 0 Å². The molecule has 0 bridgehead atoms. The summed E-state index contributed by atoms with van der Waals surface area (Å²) in [6.07, 6.45) is 3.82. The molecule has 110 valence electrons. The number of nitrogens with zero attached hydrogens (tertiary/aromatic N) is 2. The zero-order chi connectivity index (χ0) is 15.7. The monoisotopic (exact) mass is 288 g/mol. The summed E-state index contributed by atoms with van der Waals surface area (Å²) in [4.78, 5) is 9.07. The van der Waals surface area contributed by atoms with Gasteiger partial charge in [-0.05, 0) is 62.1 Å². The van der Waals surface area contributed by atoms with E-state index in [0.717, 1.165) is 17.0 Å². The van der Waals surface area contributed by atoms with E-state index in [1.54, 1.807) is 0 Å². The Morgan fingerprint density at radius 1 is 0.682 bits per heavy atom. The first-order valence-corrected chi connectivity index (χ1v) is 7.53. The number of aromatic nitrogens is 2. The van der Waals surface area contributed by atoms with Crippen LogP contribution < -0.4 is 0 Å². The molecule has 0 aliphatic heterocycles. The fraction of sp³-hybridized carbons (Fsp3) is 0.200. The second kappa shape index (κ2) is 5.72. The van der Waals surface area contributed by atoms with Gasteiger partial charge in [-0.25, -0.2) is 0 Å². The van der Waals surface area contributed by atoms with E-state index in [-0.39, 0.29) is 0 Å². The molecule has 2 nitrogen and oxygen atoms in total. The third kappa shape index (κ3) is 2.52. The molecule has 0 spiro atoms. The Balaban J connectivity index is 2.08. The number of benzene rings is 1. The maximum Gasteiger partial charge on any atom is 0.0723 e. The summed E-state index contributed by atoms with van der Waals surface area (Å²) in [6.45, 7) is 8.42. The Labute approximate surface area is 131 Å². The second-order valence-corrected chi connectivity index (χ2v) is 5.79. The molecule has 0 fully saturated rings. The van der Waals surface area contributed by atoms with Gasteiger partial charge < -0.3 is 0 Å². The Morgan fingerprint density at radius 3 is 1.95 bits per heavy atom. The zero-order valence-electron chi connectivity index (χ0n) is 13.5. The van der Waals surface area contributed by atoms with E-state index in [2.05, 4.69) is 61.1 Å². The van der Waals surface area contributed by atoms with Gasteiger partial charge in [0, 0.05) is 29.2 Å². The lowest BCUT2D eigenvalue weighted by Gasteiger charge is -2.12. The van der Waals surface area contributed by atoms with Crippen LogP contribution >= 0.6 is 0 Å². The molecule has 0 saturated heterocycles. The first-order valence-electron chi connectivity index (χ1n) is 7.53. The summed E-state index contributed by atoms with van der Waals surface area (Å²) in [5.74, 6) is 0. The molecule has 0 atom stereocenters. The van der Waals surface area contributed by atoms with E-state index in [0.29, 0.717) is 0 Å². The molecule has 2 aromatic heterocycles. The Morgan fingerprint density at radius 2 is 1.36 bits per heavy atom. The number of rotatable bonds is 2. The molecule has 22 heavy (non-hydrogen) atoms. The van der Waals surface area contributed by atoms with Crippen molar-refractivity contribution in [2.75, 3.05) is 0 Å². The van der Waals surface area contributed by atoms with Crippen LogP contribution in [0.4, 0.5) is 0 Å². The molecule has 0 aliphatic carbocycles. The predicted molar refractivity (Wildman–Crippen MR) is 91.9 cm³/mol. The van der Waals surface area contributed by atoms with Gasteiger partial charge in [0.15, 0.2) is 0 Å². The van der Waals surface area contributed by atoms with Crippen molar-refractivity contribution in [3.8, 4) is 22.4 Å². The summed E-state index contributed by atoms with van der Waals surface area (Å²) in [5.41, 5.74) is 9.35. The standard InChI is InChI=1S/C20H20N2/c1-13-6-5-7-14(2)19(13)17-8-9-18(22-12-17)20-15(3)10-11-21-16(20)4/h5-12H,1-4H3. The maximum atomic E-state index is 4.69. The van der Waals surface area contributed by atoms with Gasteiger partial charge in [-0.2, -0.15) is 0 Å². The number of hydrogen-bond acceptors (Lipinski definition) is 2. The van der Waals surface area contributed by atoms with Gasteiger partial charge in [0.05, 0.1) is 5.69 Å². The molecule has 0 aliphatic rings. The minimum Gasteiger partial charge on any atom is -0.261 e. The molecule has 3 rings (SSSR count). The first-order chi connectivity index (χ1) is 10.6. The van der Waals surface area contributed by atoms with Gasteiger partial charge in [0.2, 0.25) is 0 Å². The van der Waals surface area contributed by atoms with Gasteiger partial charge in [0.25, 0.3) is 0 Å². The van der Waals surface area contributed by atoms with Crippen molar-refractivity contribution >= 4 is 0 Å². The van der Waals surface area contributed by atoms with E-state index >= 15 is 0 Å². The van der Waals surface area contributed by atoms with Crippen molar-refractivity contribution in [3.05, 3.63) is 71.2 Å². The molecular weight excluding hydrogens is 268 g/mol. The Kier molecular flexibility index (Phi) is 3.76. The van der Waals surface area contributed by atoms with Gasteiger partial charge in [-0.3, -0.25) is 9.97 Å². The van der Waals surface area contributed by atoms with Crippen LogP contribution in [0.1, 0.15) is 22.4 Å². The lowest BCUT2D eigenvalue weighted by atomic mass is 9.96. The van der Waals surface area contributed by atoms with Crippen molar-refractivity contribution in [1.29, 1.82) is 0 Å². The second-order valence-electron chi connectivity index (χ2n) is 5.79. The van der Waals surface area contributed by atoms with Crippen LogP contribution in [0.3, 0.4) is 0 Å². The van der Waals surface area contributed by atoms with E-state index in [4.69, 9.17) is 0 Å². The van der Waals surface area contributed by atoms with E-state index in [1.807, 2.05) is 25.4 Å². The molecule has 0 saturated carbocycles. The van der Waals surface area contributed by atoms with Crippen LogP contribution in [0.2, 0.25) is 0 Å². The first kappa shape index (κ1) is 14.5. The van der Waals surface area contributed by atoms with Crippen LogP contribution in [-0.2, 0) is 0 Å². The van der Waals surface area contributed by atoms with Crippen LogP contribution in [-0.4, -0.2) is 9.97 Å². The largest absolute Gasteiger partial charge is 0.261 e. The molecule has 0 radical (unpaired) electrons. The highest BCUT2D eigenvalue weighted by Gasteiger charge is 2.10. The van der Waals surface area contributed by atoms with Crippen molar-refractivity contribution in [3.63, 3.8) is 0 Å². The van der Waals surface area contributed by atoms with Crippen LogP contribution in [0, 0.1) is 27.7 Å². The Hall–Kier alpha value is -2.48. The lowest BCUT2D eigenvalue weighted by molar-refractivity contribution is 1.16. The fourth-order valence-corrected chi connectivity index (χ4v) is 3.04. The minimum atomic E-state index is 0.984. The van der Waals surface area contributed by atoms with E-state index in [1.165, 1.54) is 27.8 Å². The summed E-state index contributed by atoms with van der Waals surface area (Å²) >= 11 is 0. The topological polar surface area (TPSA) is 25.8 Å². The third-order valence-corrected chi connectivity index (χ3v) is 4.14. The average Bonchev–Trinajstić information content (AvgIpc) is 2.48. The normalized spacial score (nSPS) is 10.7. The van der Waals surface area contributed by atoms with E-state index < -0.39 is 0 Å². The molecule has 2 heterocycles. The minimum absolute atomic E-state index is 0.984. The molecular formula is C20H20N2. The van der Waals surface area contributed by atoms with Crippen molar-refractivity contribution < 1.29 is 0 Å². The molecule has 0 N–H and O–H groups in total. The quantitative estimate of drug-likeness (QED) is 0.660. The van der Waals surface area contributed by atoms with Crippen LogP contribution in [0.5, 0.6) is 0 Å². The smallest absolute Gasteiger partial charge is 0.0723 e. The van der Waals surface area contributed by atoms with Crippen molar-refractivity contribution in [1.82, 2.24) is 9.97 Å². The summed E-state index contributed by atoms with van der Waals surface area (Å²) < 4.78 is 0. The molecule has 3 aromatic rings. The average molecular weight is 288 g/mol. The Bertz CT molecular complexity index is 707. The highest BCUT2D eigenvalue weighted by atomic mass is 14.7. The van der Waals surface area contributed by atoms with Gasteiger partial charge in [-0.1, -0.05) is 24.3 Å². The van der Waals surface area contributed by atoms with E-state index in [9.17, 15) is 0 Å². The SMILES string of the molecule is Cc1cccc(C)c1-c1ccc(-c2c(C)ccnc2C)nc1. The fourth-order valence-electron chi connectivity index (χ4n) is 3.04. The number of hydrogen-bond donors (Lipinski definition) is 0. The third-order valence-electron chi connectivity index (χ3n) is 4.14. The summed E-state index contributed by atoms with van der Waals surface area (Å²) in [7, 11) is 0. The lowest BCUT2D eigenvalue weighted by Crippen LogP contribution is -1.94. The zero-order valence-corrected chi connectivity index (χ0v) is 13.5. The molecule has 0 unspecified atom stereocenters. The van der Waals surface area contributed by atoms with Crippen LogP contribution in [0.15, 0.2) is 48.8 Å². The maximum absolute atomic E-state index is 4.69. The summed E-state index contributed by atoms with van der Waals surface area (Å²) in [5, 5.41) is 0. The predicted octanol–water partition coefficient (Wildman–Crippen LogP) is 5.04. The van der Waals surface area contributed by atoms with Gasteiger partial charge >= 0.3 is 0 Å². The highest BCUT2D eigenvalue weighted by Crippen LogP contribution is 2.29. The number of aryl methyl sites for hydroxylation is 4. The highest BCUT2D eigenvalue weighted by molar-refractivity contribution is 5.73.